The molecule has 1 aliphatic heterocycles. The van der Waals surface area contributed by atoms with Crippen molar-refractivity contribution in [3.05, 3.63) is 23.7 Å². The molecule has 1 N–H and O–H groups in total. The predicted octanol–water partition coefficient (Wildman–Crippen LogP) is 2.21. The average Bonchev–Trinajstić information content (AvgIpc) is 2.90. The second-order valence-corrected chi connectivity index (χ2v) is 6.12. The molecular weight excluding hydrogens is 268 g/mol. The van der Waals surface area contributed by atoms with E-state index in [1.165, 1.54) is 6.26 Å². The molecule has 21 heavy (non-hydrogen) atoms. The lowest BCUT2D eigenvalue weighted by Gasteiger charge is -2.32. The molecule has 0 radical (unpaired) electrons. The maximum absolute atomic E-state index is 12.5. The largest absolute Gasteiger partial charge is 0.469 e. The molecule has 0 saturated carbocycles. The monoisotopic (exact) mass is 292 g/mol. The van der Waals surface area contributed by atoms with Gasteiger partial charge in [-0.15, -0.1) is 0 Å². The van der Waals surface area contributed by atoms with Crippen molar-refractivity contribution in [2.24, 2.45) is 11.8 Å². The van der Waals surface area contributed by atoms with Crippen molar-refractivity contribution >= 4 is 11.8 Å². The zero-order valence-corrected chi connectivity index (χ0v) is 13.0. The van der Waals surface area contributed by atoms with E-state index in [2.05, 4.69) is 19.2 Å². The molecule has 1 aromatic heterocycles. The van der Waals surface area contributed by atoms with E-state index in [4.69, 9.17) is 4.42 Å². The van der Waals surface area contributed by atoms with Crippen LogP contribution >= 0.6 is 0 Å². The average molecular weight is 292 g/mol. The highest BCUT2D eigenvalue weighted by Crippen LogP contribution is 2.20. The zero-order chi connectivity index (χ0) is 15.4. The molecular formula is C16H24N2O3. The highest BCUT2D eigenvalue weighted by molar-refractivity contribution is 5.95. The van der Waals surface area contributed by atoms with Gasteiger partial charge >= 0.3 is 0 Å². The summed E-state index contributed by atoms with van der Waals surface area (Å²) in [4.78, 5) is 26.4. The van der Waals surface area contributed by atoms with E-state index in [-0.39, 0.29) is 17.7 Å². The Balaban J connectivity index is 1.96. The topological polar surface area (TPSA) is 62.6 Å². The van der Waals surface area contributed by atoms with Gasteiger partial charge in [0.2, 0.25) is 5.91 Å². The van der Waals surface area contributed by atoms with E-state index in [0.717, 1.165) is 12.8 Å². The summed E-state index contributed by atoms with van der Waals surface area (Å²) in [5.74, 6) is 0.983. The third-order valence-corrected chi connectivity index (χ3v) is 3.85. The van der Waals surface area contributed by atoms with E-state index in [9.17, 15) is 9.59 Å². The fraction of sp³-hybridized carbons (Fsp3) is 0.625. The first-order valence-corrected chi connectivity index (χ1v) is 7.60. The molecule has 0 bridgehead atoms. The number of hydrogen-bond acceptors (Lipinski definition) is 3. The summed E-state index contributed by atoms with van der Waals surface area (Å²) in [6, 6.07) is 1.69. The number of furan rings is 1. The first-order valence-electron chi connectivity index (χ1n) is 7.60. The van der Waals surface area contributed by atoms with Crippen molar-refractivity contribution in [1.29, 1.82) is 0 Å². The molecule has 2 heterocycles. The van der Waals surface area contributed by atoms with Gasteiger partial charge in [0.1, 0.15) is 5.76 Å². The summed E-state index contributed by atoms with van der Waals surface area (Å²) in [5.41, 5.74) is 0.596. The number of carbonyl (C=O) groups is 2. The van der Waals surface area contributed by atoms with Gasteiger partial charge in [-0.3, -0.25) is 9.59 Å². The van der Waals surface area contributed by atoms with E-state index in [0.29, 0.717) is 36.9 Å². The summed E-state index contributed by atoms with van der Waals surface area (Å²) in [6.45, 7) is 7.80. The summed E-state index contributed by atoms with van der Waals surface area (Å²) in [6.07, 6.45) is 3.24. The quantitative estimate of drug-likeness (QED) is 0.925. The lowest BCUT2D eigenvalue weighted by molar-refractivity contribution is -0.126. The van der Waals surface area contributed by atoms with Gasteiger partial charge in [-0.1, -0.05) is 13.8 Å². The summed E-state index contributed by atoms with van der Waals surface area (Å²) >= 11 is 0. The Morgan fingerprint density at radius 1 is 1.48 bits per heavy atom. The minimum absolute atomic E-state index is 0.0393. The fourth-order valence-electron chi connectivity index (χ4n) is 2.60. The van der Waals surface area contributed by atoms with Crippen LogP contribution in [0.3, 0.4) is 0 Å². The normalized spacial score (nSPS) is 18.9. The van der Waals surface area contributed by atoms with Crippen LogP contribution in [0.4, 0.5) is 0 Å². The van der Waals surface area contributed by atoms with Gasteiger partial charge in [-0.25, -0.2) is 0 Å². The van der Waals surface area contributed by atoms with Gasteiger partial charge in [-0.2, -0.15) is 0 Å². The van der Waals surface area contributed by atoms with Gasteiger partial charge in [-0.05, 0) is 31.7 Å². The molecule has 1 saturated heterocycles. The molecule has 0 aliphatic carbocycles. The maximum Gasteiger partial charge on any atom is 0.257 e. The van der Waals surface area contributed by atoms with Crippen LogP contribution in [0.1, 0.15) is 42.8 Å². The van der Waals surface area contributed by atoms with E-state index >= 15 is 0 Å². The van der Waals surface area contributed by atoms with Crippen molar-refractivity contribution in [3.63, 3.8) is 0 Å². The molecule has 1 fully saturated rings. The number of nitrogens with one attached hydrogen (secondary N) is 1. The lowest BCUT2D eigenvalue weighted by Crippen LogP contribution is -2.46. The van der Waals surface area contributed by atoms with E-state index < -0.39 is 0 Å². The number of aryl methyl sites for hydroxylation is 1. The van der Waals surface area contributed by atoms with Gasteiger partial charge in [0.15, 0.2) is 0 Å². The number of piperidine rings is 1. The summed E-state index contributed by atoms with van der Waals surface area (Å²) in [7, 11) is 0. The third kappa shape index (κ3) is 3.86. The van der Waals surface area contributed by atoms with Crippen molar-refractivity contribution < 1.29 is 14.0 Å². The number of likely N-dealkylation sites (tertiary alicyclic amines) is 1. The smallest absolute Gasteiger partial charge is 0.257 e. The van der Waals surface area contributed by atoms with Gasteiger partial charge in [0.25, 0.3) is 5.91 Å². The molecule has 5 heteroatoms. The Hall–Kier alpha value is -1.78. The summed E-state index contributed by atoms with van der Waals surface area (Å²) in [5, 5.41) is 2.96. The number of amides is 2. The van der Waals surface area contributed by atoms with Crippen molar-refractivity contribution in [2.45, 2.75) is 33.6 Å². The van der Waals surface area contributed by atoms with Crippen LogP contribution in [0.5, 0.6) is 0 Å². The second-order valence-electron chi connectivity index (χ2n) is 6.12. The number of carbonyl (C=O) groups excluding carboxylic acids is 2. The number of hydrogen-bond donors (Lipinski definition) is 1. The van der Waals surface area contributed by atoms with Crippen molar-refractivity contribution in [1.82, 2.24) is 10.2 Å². The Labute approximate surface area is 125 Å². The highest BCUT2D eigenvalue weighted by atomic mass is 16.3. The maximum atomic E-state index is 12.5. The molecule has 1 atom stereocenters. The lowest BCUT2D eigenvalue weighted by atomic mass is 9.96. The van der Waals surface area contributed by atoms with Crippen LogP contribution in [-0.2, 0) is 4.79 Å². The fourth-order valence-corrected chi connectivity index (χ4v) is 2.60. The summed E-state index contributed by atoms with van der Waals surface area (Å²) < 4.78 is 5.19. The van der Waals surface area contributed by atoms with E-state index in [1.54, 1.807) is 17.9 Å². The van der Waals surface area contributed by atoms with Crippen LogP contribution in [0.25, 0.3) is 0 Å². The number of rotatable bonds is 4. The molecule has 1 aromatic rings. The van der Waals surface area contributed by atoms with E-state index in [1.807, 2.05) is 0 Å². The Bertz CT molecular complexity index is 507. The van der Waals surface area contributed by atoms with Crippen LogP contribution in [-0.4, -0.2) is 36.3 Å². The molecule has 116 valence electrons. The zero-order valence-electron chi connectivity index (χ0n) is 13.0. The van der Waals surface area contributed by atoms with Gasteiger partial charge < -0.3 is 14.6 Å². The molecule has 0 spiro atoms. The Morgan fingerprint density at radius 3 is 2.86 bits per heavy atom. The van der Waals surface area contributed by atoms with Crippen LogP contribution in [0, 0.1) is 18.8 Å². The third-order valence-electron chi connectivity index (χ3n) is 3.85. The highest BCUT2D eigenvalue weighted by Gasteiger charge is 2.29. The van der Waals surface area contributed by atoms with Crippen LogP contribution < -0.4 is 5.32 Å². The standard InChI is InChI=1S/C16H24N2O3/c1-11(2)9-17-15(19)13-5-4-7-18(10-13)16(20)14-6-8-21-12(14)3/h6,8,11,13H,4-5,7,9-10H2,1-3H3,(H,17,19). The van der Waals surface area contributed by atoms with Gasteiger partial charge in [0.05, 0.1) is 17.7 Å². The molecule has 1 aliphatic rings. The van der Waals surface area contributed by atoms with Crippen molar-refractivity contribution in [3.8, 4) is 0 Å². The minimum Gasteiger partial charge on any atom is -0.469 e. The molecule has 0 aromatic carbocycles. The minimum atomic E-state index is -0.103. The van der Waals surface area contributed by atoms with Crippen LogP contribution in [0.15, 0.2) is 16.7 Å². The molecule has 5 nitrogen and oxygen atoms in total. The van der Waals surface area contributed by atoms with Crippen LogP contribution in [0.2, 0.25) is 0 Å². The second kappa shape index (κ2) is 6.78. The first-order chi connectivity index (χ1) is 9.99. The first kappa shape index (κ1) is 15.6. The molecule has 2 rings (SSSR count). The van der Waals surface area contributed by atoms with Crippen molar-refractivity contribution in [2.75, 3.05) is 19.6 Å². The molecule has 1 unspecified atom stereocenters. The number of nitrogens with zero attached hydrogens (tertiary/aromatic N) is 1. The molecule has 2 amide bonds. The van der Waals surface area contributed by atoms with Gasteiger partial charge in [0, 0.05) is 19.6 Å². The Morgan fingerprint density at radius 2 is 2.24 bits per heavy atom. The predicted molar refractivity (Wildman–Crippen MR) is 79.9 cm³/mol. The Kier molecular flexibility index (Phi) is 5.04. The SMILES string of the molecule is Cc1occc1C(=O)N1CCCC(C(=O)NCC(C)C)C1.